The minimum absolute atomic E-state index is 0.00813. The number of unbranched alkanes of at least 4 members (excludes halogenated alkanes) is 9. The van der Waals surface area contributed by atoms with Gasteiger partial charge in [-0.05, 0) is 68.0 Å². The Morgan fingerprint density at radius 1 is 0.730 bits per heavy atom. The molecule has 0 aromatic carbocycles. The van der Waals surface area contributed by atoms with E-state index in [0.29, 0.717) is 6.61 Å². The summed E-state index contributed by atoms with van der Waals surface area (Å²) in [7, 11) is -7.41. The number of azide groups is 1. The van der Waals surface area contributed by atoms with Gasteiger partial charge >= 0.3 is 8.56 Å². The zero-order valence-electron chi connectivity index (χ0n) is 44.6. The van der Waals surface area contributed by atoms with Crippen LogP contribution in [0.15, 0.2) is 5.11 Å². The molecular weight excluding hydrogens is 843 g/mol. The van der Waals surface area contributed by atoms with Crippen LogP contribution in [-0.2, 0) is 36.7 Å². The Labute approximate surface area is 390 Å². The first-order valence-corrected chi connectivity index (χ1v) is 32.7. The van der Waals surface area contributed by atoms with Crippen molar-refractivity contribution < 1.29 is 36.7 Å². The minimum Gasteiger partial charge on any atom is -0.411 e. The van der Waals surface area contributed by atoms with Crippen LogP contribution in [0, 0.1) is 11.8 Å². The molecule has 11 nitrogen and oxygen atoms in total. The van der Waals surface area contributed by atoms with Gasteiger partial charge in [-0.15, -0.1) is 0 Å². The average molecular weight is 943 g/mol. The zero-order chi connectivity index (χ0) is 48.0. The molecule has 0 radical (unpaired) electrons. The van der Waals surface area contributed by atoms with Crippen LogP contribution in [0.25, 0.3) is 10.4 Å². The van der Waals surface area contributed by atoms with Gasteiger partial charge in [-0.1, -0.05) is 173 Å². The second kappa shape index (κ2) is 22.4. The van der Waals surface area contributed by atoms with E-state index in [1.165, 1.54) is 51.4 Å². The van der Waals surface area contributed by atoms with E-state index in [1.807, 2.05) is 13.8 Å². The van der Waals surface area contributed by atoms with Gasteiger partial charge in [0.25, 0.3) is 0 Å². The zero-order valence-corrected chi connectivity index (χ0v) is 47.6. The van der Waals surface area contributed by atoms with Crippen molar-refractivity contribution >= 4 is 25.2 Å². The van der Waals surface area contributed by atoms with E-state index in [4.69, 9.17) is 36.7 Å². The van der Waals surface area contributed by atoms with Crippen LogP contribution in [0.2, 0.25) is 46.3 Å². The average Bonchev–Trinajstić information content (AvgIpc) is 3.46. The third-order valence-corrected chi connectivity index (χ3v) is 29.5. The Balaban J connectivity index is 1.95. The van der Waals surface area contributed by atoms with Crippen molar-refractivity contribution in [2.75, 3.05) is 13.2 Å². The molecule has 3 aliphatic heterocycles. The summed E-state index contributed by atoms with van der Waals surface area (Å²) in [5, 5.41) is 4.07. The molecule has 0 aromatic heterocycles. The summed E-state index contributed by atoms with van der Waals surface area (Å²) in [6.45, 7) is 47.6. The van der Waals surface area contributed by atoms with Crippen molar-refractivity contribution in [3.05, 3.63) is 10.4 Å². The van der Waals surface area contributed by atoms with Gasteiger partial charge in [-0.3, -0.25) is 0 Å². The van der Waals surface area contributed by atoms with E-state index in [2.05, 4.69) is 140 Å². The highest BCUT2D eigenvalue weighted by Crippen LogP contribution is 2.56. The van der Waals surface area contributed by atoms with Gasteiger partial charge in [0, 0.05) is 20.9 Å². The Morgan fingerprint density at radius 2 is 1.22 bits per heavy atom. The fraction of sp³-hybridized carbons (Fsp3) is 1.00. The van der Waals surface area contributed by atoms with Crippen molar-refractivity contribution in [2.24, 2.45) is 17.0 Å². The van der Waals surface area contributed by atoms with Crippen LogP contribution in [0.4, 0.5) is 0 Å². The highest BCUT2D eigenvalue weighted by Gasteiger charge is 2.64. The maximum atomic E-state index is 10.1. The van der Waals surface area contributed by atoms with E-state index < -0.39 is 61.6 Å². The first-order valence-electron chi connectivity index (χ1n) is 25.1. The van der Waals surface area contributed by atoms with Gasteiger partial charge < -0.3 is 36.7 Å². The molecule has 3 aliphatic rings. The summed E-state index contributed by atoms with van der Waals surface area (Å²) in [4.78, 5) is 3.38. The molecule has 10 atom stereocenters. The Bertz CT molecular complexity index is 1430. The Kier molecular flexibility index (Phi) is 20.2. The van der Waals surface area contributed by atoms with Gasteiger partial charge in [0.1, 0.15) is 18.3 Å². The molecule has 0 amide bonds. The van der Waals surface area contributed by atoms with Crippen molar-refractivity contribution in [1.82, 2.24) is 0 Å². The third-order valence-electron chi connectivity index (χ3n) is 15.4. The molecule has 63 heavy (non-hydrogen) atoms. The fourth-order valence-corrected chi connectivity index (χ4v) is 17.2. The van der Waals surface area contributed by atoms with Gasteiger partial charge in [0.2, 0.25) is 0 Å². The molecule has 370 valence electrons. The monoisotopic (exact) mass is 942 g/mol. The summed E-state index contributed by atoms with van der Waals surface area (Å²) in [6.07, 6.45) is 10.6. The lowest BCUT2D eigenvalue weighted by Crippen LogP contribution is -2.68. The van der Waals surface area contributed by atoms with Crippen LogP contribution in [-0.4, -0.2) is 93.2 Å². The molecular formula is C49H99N3O8Si3. The lowest BCUT2D eigenvalue weighted by Gasteiger charge is -2.58. The van der Waals surface area contributed by atoms with Crippen LogP contribution >= 0.6 is 0 Å². The van der Waals surface area contributed by atoms with Crippen molar-refractivity contribution in [3.8, 4) is 0 Å². The van der Waals surface area contributed by atoms with E-state index >= 15 is 0 Å². The quantitative estimate of drug-likeness (QED) is 0.0346. The molecule has 5 unspecified atom stereocenters. The standard InChI is InChI=1S/C49H99N3O8Si3/c1-22-23-24-25-26-27-28-29-30-31-32-38(58-61(18,19)45(4,5)6)42(59-62(20,21)46(7,8)9)43-41(56-49(16,17)57-43)37(51-52-50)33-53-44-36(3)35(2)40-39(55-44)34-54-63(60-40,47(10,11)12)48(13,14)15/h35-44H,22-34H2,1-21H3/t35?,36?,37-,38-,39?,40?,41-,42-,43-,44?/m0/s1. The SMILES string of the molecule is CCCCCCCCCCCC[C@H](O[Si](C)(C)C(C)(C)C)[C@H](O[Si](C)(C)C(C)(C)C)[C@H]1OC(C)(C)O[C@H]1[C@H](COC1OC2CO[Si](C(C)(C)C)(C(C)(C)C)OC2C(C)C1C)N=[N+]=[N-]. The van der Waals surface area contributed by atoms with Gasteiger partial charge in [0.05, 0.1) is 37.6 Å². The van der Waals surface area contributed by atoms with Gasteiger partial charge in [0.15, 0.2) is 28.7 Å². The van der Waals surface area contributed by atoms with E-state index in [9.17, 15) is 5.53 Å². The maximum absolute atomic E-state index is 10.1. The van der Waals surface area contributed by atoms with Gasteiger partial charge in [-0.25, -0.2) is 0 Å². The molecule has 0 bridgehead atoms. The first-order chi connectivity index (χ1) is 28.8. The predicted molar refractivity (Wildman–Crippen MR) is 266 cm³/mol. The van der Waals surface area contributed by atoms with E-state index in [1.54, 1.807) is 0 Å². The van der Waals surface area contributed by atoms with Crippen molar-refractivity contribution in [2.45, 2.75) is 289 Å². The molecule has 0 aromatic rings. The maximum Gasteiger partial charge on any atom is 0.349 e. The lowest BCUT2D eigenvalue weighted by atomic mass is 9.85. The smallest absolute Gasteiger partial charge is 0.349 e. The Hall–Kier alpha value is -0.359. The molecule has 3 rings (SSSR count). The summed E-state index contributed by atoms with van der Waals surface area (Å²) < 4.78 is 56.3. The normalized spacial score (nSPS) is 28.6. The van der Waals surface area contributed by atoms with Crippen LogP contribution in [0.1, 0.15) is 188 Å². The number of nitrogens with zero attached hydrogens (tertiary/aromatic N) is 3. The molecule has 0 aliphatic carbocycles. The first kappa shape index (κ1) is 57.0. The topological polar surface area (TPSA) is 123 Å². The van der Waals surface area contributed by atoms with Crippen molar-refractivity contribution in [3.63, 3.8) is 0 Å². The largest absolute Gasteiger partial charge is 0.411 e. The molecule has 0 N–H and O–H groups in total. The summed E-state index contributed by atoms with van der Waals surface area (Å²) in [6, 6.07) is -0.720. The van der Waals surface area contributed by atoms with Gasteiger partial charge in [-0.2, -0.15) is 0 Å². The molecule has 0 spiro atoms. The summed E-state index contributed by atoms with van der Waals surface area (Å²) in [5.74, 6) is -0.810. The van der Waals surface area contributed by atoms with Crippen LogP contribution in [0.3, 0.4) is 0 Å². The second-order valence-electron chi connectivity index (χ2n) is 25.2. The second-order valence-corrected chi connectivity index (χ2v) is 39.4. The minimum atomic E-state index is -2.69. The molecule has 0 saturated carbocycles. The Morgan fingerprint density at radius 3 is 1.71 bits per heavy atom. The summed E-state index contributed by atoms with van der Waals surface area (Å²) in [5.41, 5.74) is 10.1. The highest BCUT2D eigenvalue weighted by atomic mass is 28.4. The summed E-state index contributed by atoms with van der Waals surface area (Å²) >= 11 is 0. The number of hydrogen-bond donors (Lipinski definition) is 0. The fourth-order valence-electron chi connectivity index (χ4n) is 9.48. The third kappa shape index (κ3) is 14.6. The van der Waals surface area contributed by atoms with E-state index in [0.717, 1.165) is 19.3 Å². The molecule has 3 fully saturated rings. The highest BCUT2D eigenvalue weighted by molar-refractivity contribution is 6.75. The van der Waals surface area contributed by atoms with Crippen molar-refractivity contribution in [1.29, 1.82) is 0 Å². The van der Waals surface area contributed by atoms with E-state index in [-0.39, 0.29) is 56.9 Å². The number of hydrogen-bond acceptors (Lipinski definition) is 9. The predicted octanol–water partition coefficient (Wildman–Crippen LogP) is 14.7. The molecule has 14 heteroatoms. The number of fused-ring (bicyclic) bond motifs is 1. The van der Waals surface area contributed by atoms with Crippen LogP contribution < -0.4 is 0 Å². The number of ether oxygens (including phenoxy) is 4. The molecule has 3 heterocycles. The number of rotatable bonds is 22. The lowest BCUT2D eigenvalue weighted by molar-refractivity contribution is -0.280. The van der Waals surface area contributed by atoms with Crippen LogP contribution in [0.5, 0.6) is 0 Å². The molecule has 3 saturated heterocycles.